The number of nitrogens with one attached hydrogen (secondary N) is 1. The smallest absolute Gasteiger partial charge is 0.272 e. The first-order valence-electron chi connectivity index (χ1n) is 3.87. The number of rotatable bonds is 4. The van der Waals surface area contributed by atoms with E-state index in [9.17, 15) is 4.79 Å². The summed E-state index contributed by atoms with van der Waals surface area (Å²) >= 11 is 0. The second kappa shape index (κ2) is 5.08. The van der Waals surface area contributed by atoms with Crippen molar-refractivity contribution in [2.24, 2.45) is 0 Å². The van der Waals surface area contributed by atoms with Gasteiger partial charge in [-0.3, -0.25) is 4.79 Å². The van der Waals surface area contributed by atoms with Crippen LogP contribution in [0.4, 0.5) is 0 Å². The molecule has 5 nitrogen and oxygen atoms in total. The molecule has 1 amide bonds. The van der Waals surface area contributed by atoms with Crippen LogP contribution in [0.25, 0.3) is 0 Å². The monoisotopic (exact) mass is 175 g/mol. The third-order valence-electron chi connectivity index (χ3n) is 1.57. The van der Waals surface area contributed by atoms with Crippen molar-refractivity contribution in [2.45, 2.75) is 18.9 Å². The number of hydrogen-bond acceptors (Lipinski definition) is 4. The highest BCUT2D eigenvalue weighted by molar-refractivity contribution is 5.79. The van der Waals surface area contributed by atoms with E-state index in [0.717, 1.165) is 12.8 Å². The minimum atomic E-state index is -0.346. The van der Waals surface area contributed by atoms with E-state index in [0.29, 0.717) is 6.61 Å². The van der Waals surface area contributed by atoms with Crippen molar-refractivity contribution in [1.29, 1.82) is 0 Å². The van der Waals surface area contributed by atoms with E-state index >= 15 is 0 Å². The first-order valence-corrected chi connectivity index (χ1v) is 3.87. The number of ether oxygens (including phenoxy) is 2. The fraction of sp³-hybridized carbons (Fsp3) is 0.857. The summed E-state index contributed by atoms with van der Waals surface area (Å²) in [6.45, 7) is 0.709. The molecular weight excluding hydrogens is 162 g/mol. The Morgan fingerprint density at radius 3 is 3.17 bits per heavy atom. The zero-order valence-corrected chi connectivity index (χ0v) is 7.04. The number of carbonyl (C=O) groups is 1. The predicted octanol–water partition coefficient (Wildman–Crippen LogP) is -0.183. The van der Waals surface area contributed by atoms with Crippen LogP contribution in [0.2, 0.25) is 0 Å². The average molecular weight is 175 g/mol. The van der Waals surface area contributed by atoms with Crippen molar-refractivity contribution in [1.82, 2.24) is 5.48 Å². The van der Waals surface area contributed by atoms with Gasteiger partial charge in [0.05, 0.1) is 0 Å². The summed E-state index contributed by atoms with van der Waals surface area (Å²) < 4.78 is 9.69. The van der Waals surface area contributed by atoms with E-state index in [1.165, 1.54) is 7.11 Å². The molecule has 0 bridgehead atoms. The normalized spacial score (nSPS) is 22.6. The van der Waals surface area contributed by atoms with E-state index in [-0.39, 0.29) is 18.8 Å². The standard InChI is InChI=1S/C7H13NO4/c1-10-5-12-8-7(9)6-3-2-4-11-6/h6H,2-5H2,1H3,(H,8,9). The lowest BCUT2D eigenvalue weighted by atomic mass is 10.2. The Morgan fingerprint density at radius 2 is 2.58 bits per heavy atom. The molecule has 1 aliphatic heterocycles. The lowest BCUT2D eigenvalue weighted by molar-refractivity contribution is -0.153. The summed E-state index contributed by atoms with van der Waals surface area (Å²) in [6, 6.07) is 0. The van der Waals surface area contributed by atoms with Crippen molar-refractivity contribution in [3.05, 3.63) is 0 Å². The van der Waals surface area contributed by atoms with Gasteiger partial charge in [-0.05, 0) is 12.8 Å². The third kappa shape index (κ3) is 2.77. The molecular formula is C7H13NO4. The van der Waals surface area contributed by atoms with Gasteiger partial charge in [-0.25, -0.2) is 10.3 Å². The Hall–Kier alpha value is -0.650. The van der Waals surface area contributed by atoms with Gasteiger partial charge in [0.25, 0.3) is 5.91 Å². The molecule has 1 saturated heterocycles. The summed E-state index contributed by atoms with van der Waals surface area (Å²) in [5.41, 5.74) is 2.24. The van der Waals surface area contributed by atoms with E-state index in [4.69, 9.17) is 4.74 Å². The topological polar surface area (TPSA) is 56.8 Å². The van der Waals surface area contributed by atoms with Crippen molar-refractivity contribution in [3.8, 4) is 0 Å². The largest absolute Gasteiger partial charge is 0.368 e. The van der Waals surface area contributed by atoms with E-state index in [2.05, 4.69) is 15.1 Å². The molecule has 1 unspecified atom stereocenters. The van der Waals surface area contributed by atoms with Crippen molar-refractivity contribution in [3.63, 3.8) is 0 Å². The van der Waals surface area contributed by atoms with E-state index in [1.54, 1.807) is 0 Å². The maximum atomic E-state index is 11.1. The minimum absolute atomic E-state index is 0.0540. The zero-order chi connectivity index (χ0) is 8.81. The summed E-state index contributed by atoms with van der Waals surface area (Å²) in [5.74, 6) is -0.232. The van der Waals surface area contributed by atoms with Crippen molar-refractivity contribution < 1.29 is 19.1 Å². The van der Waals surface area contributed by atoms with Crippen LogP contribution in [0.3, 0.4) is 0 Å². The minimum Gasteiger partial charge on any atom is -0.368 e. The van der Waals surface area contributed by atoms with Gasteiger partial charge in [-0.2, -0.15) is 0 Å². The van der Waals surface area contributed by atoms with E-state index < -0.39 is 0 Å². The molecule has 0 saturated carbocycles. The third-order valence-corrected chi connectivity index (χ3v) is 1.57. The number of hydrogen-bond donors (Lipinski definition) is 1. The van der Waals surface area contributed by atoms with Crippen LogP contribution in [0.5, 0.6) is 0 Å². The second-order valence-electron chi connectivity index (χ2n) is 2.52. The van der Waals surface area contributed by atoms with Crippen LogP contribution < -0.4 is 5.48 Å². The molecule has 5 heteroatoms. The molecule has 0 aromatic rings. The molecule has 1 heterocycles. The van der Waals surface area contributed by atoms with Gasteiger partial charge in [-0.15, -0.1) is 0 Å². The highest BCUT2D eigenvalue weighted by Gasteiger charge is 2.23. The van der Waals surface area contributed by atoms with Crippen LogP contribution in [-0.2, 0) is 19.1 Å². The van der Waals surface area contributed by atoms with E-state index in [1.807, 2.05) is 0 Å². The van der Waals surface area contributed by atoms with Crippen LogP contribution in [0.1, 0.15) is 12.8 Å². The van der Waals surface area contributed by atoms with Gasteiger partial charge in [0, 0.05) is 13.7 Å². The summed E-state index contributed by atoms with van der Waals surface area (Å²) in [7, 11) is 1.48. The fourth-order valence-corrected chi connectivity index (χ4v) is 1.01. The highest BCUT2D eigenvalue weighted by Crippen LogP contribution is 2.11. The molecule has 0 radical (unpaired) electrons. The Kier molecular flexibility index (Phi) is 3.99. The molecule has 0 aliphatic carbocycles. The van der Waals surface area contributed by atoms with Gasteiger partial charge in [0.2, 0.25) is 0 Å². The van der Waals surface area contributed by atoms with Gasteiger partial charge in [-0.1, -0.05) is 0 Å². The maximum Gasteiger partial charge on any atom is 0.272 e. The van der Waals surface area contributed by atoms with Gasteiger partial charge < -0.3 is 9.47 Å². The van der Waals surface area contributed by atoms with Crippen LogP contribution in [0.15, 0.2) is 0 Å². The van der Waals surface area contributed by atoms with Gasteiger partial charge in [0.15, 0.2) is 6.79 Å². The lowest BCUT2D eigenvalue weighted by Crippen LogP contribution is -2.34. The SMILES string of the molecule is COCONC(=O)C1CCCO1. The Morgan fingerprint density at radius 1 is 1.75 bits per heavy atom. The number of carbonyl (C=O) groups excluding carboxylic acids is 1. The molecule has 1 aliphatic rings. The quantitative estimate of drug-likeness (QED) is 0.366. The van der Waals surface area contributed by atoms with Crippen molar-refractivity contribution in [2.75, 3.05) is 20.5 Å². The molecule has 70 valence electrons. The molecule has 0 aromatic carbocycles. The number of amides is 1. The van der Waals surface area contributed by atoms with Crippen LogP contribution in [0, 0.1) is 0 Å². The predicted molar refractivity (Wildman–Crippen MR) is 40.1 cm³/mol. The molecule has 1 rings (SSSR count). The molecule has 12 heavy (non-hydrogen) atoms. The molecule has 1 atom stereocenters. The van der Waals surface area contributed by atoms with Gasteiger partial charge in [0.1, 0.15) is 6.10 Å². The fourth-order valence-electron chi connectivity index (χ4n) is 1.01. The first-order chi connectivity index (χ1) is 5.84. The maximum absolute atomic E-state index is 11.1. The summed E-state index contributed by atoms with van der Waals surface area (Å²) in [6.07, 6.45) is 1.35. The number of hydroxylamine groups is 1. The summed E-state index contributed by atoms with van der Waals surface area (Å²) in [4.78, 5) is 15.8. The molecule has 0 spiro atoms. The average Bonchev–Trinajstić information content (AvgIpc) is 2.56. The second-order valence-corrected chi connectivity index (χ2v) is 2.52. The van der Waals surface area contributed by atoms with Crippen LogP contribution >= 0.6 is 0 Å². The molecule has 1 fully saturated rings. The molecule has 1 N–H and O–H groups in total. The molecule has 0 aromatic heterocycles. The Labute approximate surface area is 70.9 Å². The summed E-state index contributed by atoms with van der Waals surface area (Å²) in [5, 5.41) is 0. The Balaban J connectivity index is 2.10. The van der Waals surface area contributed by atoms with Crippen LogP contribution in [-0.4, -0.2) is 32.5 Å². The first kappa shape index (κ1) is 9.44. The lowest BCUT2D eigenvalue weighted by Gasteiger charge is -2.09. The zero-order valence-electron chi connectivity index (χ0n) is 7.04. The Bertz CT molecular complexity index is 144. The highest BCUT2D eigenvalue weighted by atomic mass is 16.8. The van der Waals surface area contributed by atoms with Crippen molar-refractivity contribution >= 4 is 5.91 Å². The number of methoxy groups -OCH3 is 1. The van der Waals surface area contributed by atoms with Gasteiger partial charge >= 0.3 is 0 Å².